The van der Waals surface area contributed by atoms with Crippen molar-refractivity contribution in [3.8, 4) is 28.4 Å². The fourth-order valence-corrected chi connectivity index (χ4v) is 6.61. The van der Waals surface area contributed by atoms with Gasteiger partial charge >= 0.3 is 18.0 Å². The summed E-state index contributed by atoms with van der Waals surface area (Å²) in [5, 5.41) is 0. The lowest BCUT2D eigenvalue weighted by molar-refractivity contribution is -0.305. The number of amides is 1. The minimum Gasteiger partial charge on any atom is -0.492 e. The van der Waals surface area contributed by atoms with Gasteiger partial charge in [0.25, 0.3) is 0 Å². The van der Waals surface area contributed by atoms with E-state index >= 15 is 0 Å². The lowest BCUT2D eigenvalue weighted by Gasteiger charge is -2.40. The molecule has 3 aliphatic rings. The lowest BCUT2D eigenvalue weighted by atomic mass is 9.84. The molecule has 5 rings (SSSR count). The predicted octanol–water partition coefficient (Wildman–Crippen LogP) is 5.65. The molecule has 2 fully saturated rings. The van der Waals surface area contributed by atoms with Crippen LogP contribution in [0.5, 0.6) is 17.2 Å². The van der Waals surface area contributed by atoms with E-state index in [0.717, 1.165) is 24.5 Å². The van der Waals surface area contributed by atoms with Crippen LogP contribution in [0.4, 0.5) is 10.6 Å². The van der Waals surface area contributed by atoms with E-state index in [1.807, 2.05) is 32.9 Å². The van der Waals surface area contributed by atoms with Crippen LogP contribution in [-0.4, -0.2) is 93.2 Å². The number of rotatable bonds is 7. The van der Waals surface area contributed by atoms with E-state index in [0.29, 0.717) is 37.0 Å². The SMILES string of the molecule is COC(=O)c1cc(-c2ccc(N3C[C@@H](C)O[C@@H](C)C3)nc2)c2c(c1OC)OC(OC)(C1CCC(N(C)C(=O)OC(C)(C)C)CC1)O2. The van der Waals surface area contributed by atoms with Gasteiger partial charge in [-0.05, 0) is 78.5 Å². The number of ether oxygens (including phenoxy) is 7. The molecule has 1 unspecified atom stereocenters. The molecule has 1 aromatic heterocycles. The standard InChI is InChI=1S/C34H47N3O9/c1-20-18-37(19-21(2)43-20)27-15-10-22(17-35-27)25-16-26(31(38)41-8)28(40-7)30-29(25)44-34(42-9,45-30)23-11-13-24(14-12-23)36(6)32(39)46-33(3,4)5/h10,15-17,20-21,23-24H,11-14,18-19H2,1-9H3/t20-,21+,23?,24?,34?. The summed E-state index contributed by atoms with van der Waals surface area (Å²) in [5.74, 6) is -0.548. The summed E-state index contributed by atoms with van der Waals surface area (Å²) in [6, 6.07) is 5.59. The maximum Gasteiger partial charge on any atom is 0.410 e. The Morgan fingerprint density at radius 1 is 1.00 bits per heavy atom. The minimum atomic E-state index is -1.47. The Morgan fingerprint density at radius 3 is 2.20 bits per heavy atom. The van der Waals surface area contributed by atoms with E-state index in [1.165, 1.54) is 14.2 Å². The fourth-order valence-electron chi connectivity index (χ4n) is 6.61. The maximum atomic E-state index is 13.0. The Hall–Kier alpha value is -3.77. The molecule has 252 valence electrons. The Kier molecular flexibility index (Phi) is 9.60. The first-order valence-corrected chi connectivity index (χ1v) is 15.9. The third-order valence-corrected chi connectivity index (χ3v) is 8.80. The highest BCUT2D eigenvalue weighted by Gasteiger charge is 2.53. The smallest absolute Gasteiger partial charge is 0.410 e. The molecule has 12 nitrogen and oxygen atoms in total. The number of nitrogens with zero attached hydrogens (tertiary/aromatic N) is 3. The van der Waals surface area contributed by atoms with Crippen molar-refractivity contribution in [1.82, 2.24) is 9.88 Å². The summed E-state index contributed by atoms with van der Waals surface area (Å²) in [7, 11) is 6.10. The van der Waals surface area contributed by atoms with Crippen LogP contribution < -0.4 is 19.1 Å². The number of anilines is 1. The van der Waals surface area contributed by atoms with Gasteiger partial charge in [-0.3, -0.25) is 0 Å². The molecule has 1 saturated carbocycles. The molecule has 3 heterocycles. The highest BCUT2D eigenvalue weighted by atomic mass is 16.9. The van der Waals surface area contributed by atoms with Crippen molar-refractivity contribution in [2.45, 2.75) is 90.1 Å². The van der Waals surface area contributed by atoms with Gasteiger partial charge < -0.3 is 43.0 Å². The number of carbonyl (C=O) groups is 2. The second kappa shape index (κ2) is 13.2. The molecule has 1 aliphatic carbocycles. The monoisotopic (exact) mass is 641 g/mol. The summed E-state index contributed by atoms with van der Waals surface area (Å²) < 4.78 is 41.4. The first-order chi connectivity index (χ1) is 21.8. The van der Waals surface area contributed by atoms with E-state index < -0.39 is 17.5 Å². The molecule has 1 aromatic carbocycles. The molecule has 2 aromatic rings. The number of benzene rings is 1. The van der Waals surface area contributed by atoms with E-state index in [-0.39, 0.29) is 47.3 Å². The zero-order chi connectivity index (χ0) is 33.4. The molecular formula is C34H47N3O9. The zero-order valence-corrected chi connectivity index (χ0v) is 28.4. The summed E-state index contributed by atoms with van der Waals surface area (Å²) in [6.07, 6.45) is 4.34. The number of esters is 1. The molecule has 3 atom stereocenters. The second-order valence-electron chi connectivity index (χ2n) is 13.3. The van der Waals surface area contributed by atoms with Crippen molar-refractivity contribution in [2.24, 2.45) is 5.92 Å². The van der Waals surface area contributed by atoms with Crippen LogP contribution in [-0.2, 0) is 18.9 Å². The zero-order valence-electron chi connectivity index (χ0n) is 28.4. The number of aromatic nitrogens is 1. The molecule has 0 bridgehead atoms. The number of morpholine rings is 1. The van der Waals surface area contributed by atoms with Crippen LogP contribution in [0, 0.1) is 5.92 Å². The average molecular weight is 642 g/mol. The Morgan fingerprint density at radius 2 is 1.65 bits per heavy atom. The normalized spacial score (nSPS) is 26.0. The van der Waals surface area contributed by atoms with E-state index in [1.54, 1.807) is 31.3 Å². The molecule has 12 heteroatoms. The number of fused-ring (bicyclic) bond motifs is 1. The van der Waals surface area contributed by atoms with Gasteiger partial charge in [-0.1, -0.05) is 0 Å². The average Bonchev–Trinajstić information content (AvgIpc) is 3.43. The van der Waals surface area contributed by atoms with Crippen LogP contribution in [0.15, 0.2) is 24.4 Å². The first-order valence-electron chi connectivity index (χ1n) is 15.9. The van der Waals surface area contributed by atoms with Crippen molar-refractivity contribution < 1.29 is 42.7 Å². The molecule has 1 saturated heterocycles. The topological polar surface area (TPSA) is 118 Å². The molecule has 2 aliphatic heterocycles. The van der Waals surface area contributed by atoms with Crippen molar-refractivity contribution in [2.75, 3.05) is 46.4 Å². The van der Waals surface area contributed by atoms with E-state index in [9.17, 15) is 9.59 Å². The van der Waals surface area contributed by atoms with Gasteiger partial charge in [-0.2, -0.15) is 0 Å². The Labute approximate surface area is 271 Å². The number of methoxy groups -OCH3 is 3. The van der Waals surface area contributed by atoms with Gasteiger partial charge in [0.05, 0.1) is 32.3 Å². The fraction of sp³-hybridized carbons (Fsp3) is 0.618. The minimum absolute atomic E-state index is 0.00170. The van der Waals surface area contributed by atoms with E-state index in [4.69, 9.17) is 38.1 Å². The van der Waals surface area contributed by atoms with Gasteiger partial charge in [-0.15, -0.1) is 0 Å². The molecule has 46 heavy (non-hydrogen) atoms. The Balaban J connectivity index is 1.44. The van der Waals surface area contributed by atoms with Crippen LogP contribution in [0.3, 0.4) is 0 Å². The molecule has 0 N–H and O–H groups in total. The number of hydrogen-bond donors (Lipinski definition) is 0. The van der Waals surface area contributed by atoms with Crippen LogP contribution in [0.25, 0.3) is 11.1 Å². The third kappa shape index (κ3) is 6.69. The van der Waals surface area contributed by atoms with Crippen molar-refractivity contribution in [3.05, 3.63) is 30.0 Å². The summed E-state index contributed by atoms with van der Waals surface area (Å²) in [5.41, 5.74) is 0.934. The third-order valence-electron chi connectivity index (χ3n) is 8.80. The van der Waals surface area contributed by atoms with E-state index in [2.05, 4.69) is 18.7 Å². The number of carbonyl (C=O) groups excluding carboxylic acids is 2. The van der Waals surface area contributed by atoms with Gasteiger partial charge in [0.15, 0.2) is 11.5 Å². The van der Waals surface area contributed by atoms with Crippen LogP contribution >= 0.6 is 0 Å². The highest BCUT2D eigenvalue weighted by molar-refractivity contribution is 5.97. The highest BCUT2D eigenvalue weighted by Crippen LogP contribution is 2.56. The summed E-state index contributed by atoms with van der Waals surface area (Å²) in [6.45, 7) is 11.2. The largest absolute Gasteiger partial charge is 0.492 e. The number of pyridine rings is 1. The van der Waals surface area contributed by atoms with Crippen molar-refractivity contribution in [3.63, 3.8) is 0 Å². The van der Waals surface area contributed by atoms with Crippen LogP contribution in [0.1, 0.15) is 70.7 Å². The molecule has 0 spiro atoms. The quantitative estimate of drug-likeness (QED) is 0.349. The molecule has 1 amide bonds. The molecule has 0 radical (unpaired) electrons. The summed E-state index contributed by atoms with van der Waals surface area (Å²) >= 11 is 0. The van der Waals surface area contributed by atoms with Gasteiger partial charge in [0.1, 0.15) is 17.0 Å². The first kappa shape index (κ1) is 33.6. The van der Waals surface area contributed by atoms with Crippen molar-refractivity contribution >= 4 is 17.9 Å². The van der Waals surface area contributed by atoms with Crippen molar-refractivity contribution in [1.29, 1.82) is 0 Å². The lowest BCUT2D eigenvalue weighted by Crippen LogP contribution is -2.51. The number of hydrogen-bond acceptors (Lipinski definition) is 11. The summed E-state index contributed by atoms with van der Waals surface area (Å²) in [4.78, 5) is 34.3. The molecular weight excluding hydrogens is 594 g/mol. The second-order valence-corrected chi connectivity index (χ2v) is 13.3. The maximum absolute atomic E-state index is 13.0. The predicted molar refractivity (Wildman–Crippen MR) is 171 cm³/mol. The van der Waals surface area contributed by atoms with Gasteiger partial charge in [-0.25, -0.2) is 14.6 Å². The Bertz CT molecular complexity index is 1410. The van der Waals surface area contributed by atoms with Gasteiger partial charge in [0.2, 0.25) is 5.75 Å². The van der Waals surface area contributed by atoms with Gasteiger partial charge in [0, 0.05) is 50.6 Å². The van der Waals surface area contributed by atoms with Crippen LogP contribution in [0.2, 0.25) is 0 Å².